The Balaban J connectivity index is 1.36. The lowest BCUT2D eigenvalue weighted by Crippen LogP contribution is -2.37. The van der Waals surface area contributed by atoms with E-state index in [0.29, 0.717) is 17.8 Å². The van der Waals surface area contributed by atoms with Gasteiger partial charge < -0.3 is 14.7 Å². The van der Waals surface area contributed by atoms with E-state index < -0.39 is 19.1 Å². The first-order valence-electron chi connectivity index (χ1n) is 10.8. The Morgan fingerprint density at radius 1 is 0.688 bits per heavy atom. The number of para-hydroxylation sites is 2. The SMILES string of the molecule is O=c1c(NCCP2N(c3ccccc3)CCN2c2ccccc2)c(-c2ccccc2)c1=O. The molecule has 4 aromatic rings. The Morgan fingerprint density at radius 2 is 1.19 bits per heavy atom. The molecule has 0 amide bonds. The normalized spacial score (nSPS) is 14.2. The summed E-state index contributed by atoms with van der Waals surface area (Å²) in [5, 5.41) is 3.29. The van der Waals surface area contributed by atoms with Crippen LogP contribution in [-0.4, -0.2) is 25.8 Å². The fourth-order valence-corrected chi connectivity index (χ4v) is 6.73. The third-order valence-corrected chi connectivity index (χ3v) is 8.38. The van der Waals surface area contributed by atoms with Gasteiger partial charge in [0.1, 0.15) is 0 Å². The largest absolute Gasteiger partial charge is 0.381 e. The van der Waals surface area contributed by atoms with E-state index in [-0.39, 0.29) is 0 Å². The molecule has 5 nitrogen and oxygen atoms in total. The van der Waals surface area contributed by atoms with Crippen LogP contribution in [0.15, 0.2) is 101 Å². The molecule has 1 fully saturated rings. The monoisotopic (exact) mass is 441 g/mol. The van der Waals surface area contributed by atoms with E-state index in [1.54, 1.807) is 0 Å². The molecule has 0 radical (unpaired) electrons. The molecule has 1 N–H and O–H groups in total. The highest BCUT2D eigenvalue weighted by Gasteiger charge is 2.33. The van der Waals surface area contributed by atoms with Crippen LogP contribution >= 0.6 is 8.22 Å². The lowest BCUT2D eigenvalue weighted by atomic mass is 9.99. The maximum absolute atomic E-state index is 12.3. The van der Waals surface area contributed by atoms with E-state index in [9.17, 15) is 9.59 Å². The summed E-state index contributed by atoms with van der Waals surface area (Å²) in [4.78, 5) is 24.5. The average molecular weight is 441 g/mol. The van der Waals surface area contributed by atoms with Crippen LogP contribution < -0.4 is 25.5 Å². The molecule has 5 rings (SSSR count). The number of anilines is 3. The first-order valence-corrected chi connectivity index (χ1v) is 12.2. The van der Waals surface area contributed by atoms with Gasteiger partial charge in [0.25, 0.3) is 0 Å². The Morgan fingerprint density at radius 3 is 1.72 bits per heavy atom. The number of benzene rings is 3. The van der Waals surface area contributed by atoms with Crippen molar-refractivity contribution < 1.29 is 0 Å². The molecule has 4 aromatic carbocycles. The Labute approximate surface area is 188 Å². The Hall–Kier alpha value is -3.43. The van der Waals surface area contributed by atoms with Crippen molar-refractivity contribution in [2.24, 2.45) is 0 Å². The van der Waals surface area contributed by atoms with Gasteiger partial charge in [-0.3, -0.25) is 9.59 Å². The van der Waals surface area contributed by atoms with Gasteiger partial charge in [0, 0.05) is 37.2 Å². The summed E-state index contributed by atoms with van der Waals surface area (Å²) in [7, 11) is -0.645. The molecule has 160 valence electrons. The topological polar surface area (TPSA) is 52.7 Å². The van der Waals surface area contributed by atoms with Crippen molar-refractivity contribution in [3.05, 3.63) is 111 Å². The molecule has 0 aromatic heterocycles. The standard InChI is InChI=1S/C26H24N3O2P/c30-25-23(20-10-4-1-5-11-20)24(26(25)31)27-16-19-32-28(21-12-6-2-7-13-21)17-18-29(32)22-14-8-3-9-15-22/h1-15,27H,16-19H2. The molecule has 1 saturated heterocycles. The van der Waals surface area contributed by atoms with Gasteiger partial charge in [-0.05, 0) is 29.8 Å². The van der Waals surface area contributed by atoms with Crippen LogP contribution in [0, 0.1) is 0 Å². The first kappa shape index (κ1) is 20.5. The molecule has 6 heteroatoms. The van der Waals surface area contributed by atoms with Crippen LogP contribution in [0.1, 0.15) is 0 Å². The second kappa shape index (κ2) is 8.97. The van der Waals surface area contributed by atoms with Crippen LogP contribution in [0.2, 0.25) is 0 Å². The molecule has 0 atom stereocenters. The predicted molar refractivity (Wildman–Crippen MR) is 135 cm³/mol. The van der Waals surface area contributed by atoms with Crippen LogP contribution in [0.5, 0.6) is 0 Å². The van der Waals surface area contributed by atoms with Crippen LogP contribution in [0.3, 0.4) is 0 Å². The summed E-state index contributed by atoms with van der Waals surface area (Å²) in [6.07, 6.45) is 0.867. The van der Waals surface area contributed by atoms with Crippen molar-refractivity contribution >= 4 is 25.3 Å². The highest BCUT2D eigenvalue weighted by molar-refractivity contribution is 7.61. The van der Waals surface area contributed by atoms with E-state index in [1.165, 1.54) is 11.4 Å². The Bertz CT molecular complexity index is 1210. The van der Waals surface area contributed by atoms with E-state index in [0.717, 1.165) is 24.8 Å². The number of hydrogen-bond acceptors (Lipinski definition) is 5. The van der Waals surface area contributed by atoms with Crippen molar-refractivity contribution in [1.82, 2.24) is 0 Å². The van der Waals surface area contributed by atoms with Gasteiger partial charge in [-0.1, -0.05) is 66.7 Å². The highest BCUT2D eigenvalue weighted by Crippen LogP contribution is 2.52. The molecule has 0 saturated carbocycles. The quantitative estimate of drug-likeness (QED) is 0.333. The zero-order chi connectivity index (χ0) is 21.9. The number of nitrogens with one attached hydrogen (secondary N) is 1. The van der Waals surface area contributed by atoms with Crippen molar-refractivity contribution in [3.8, 4) is 11.1 Å². The zero-order valence-electron chi connectivity index (χ0n) is 17.6. The van der Waals surface area contributed by atoms with Crippen LogP contribution in [0.25, 0.3) is 11.1 Å². The third-order valence-electron chi connectivity index (χ3n) is 5.78. The number of hydrogen-bond donors (Lipinski definition) is 1. The van der Waals surface area contributed by atoms with Crippen LogP contribution in [0.4, 0.5) is 17.1 Å². The van der Waals surface area contributed by atoms with Gasteiger partial charge in [0.2, 0.25) is 10.9 Å². The smallest absolute Gasteiger partial charge is 0.250 e. The van der Waals surface area contributed by atoms with E-state index in [1.807, 2.05) is 42.5 Å². The third kappa shape index (κ3) is 3.80. The van der Waals surface area contributed by atoms with Crippen LogP contribution in [-0.2, 0) is 0 Å². The summed E-state index contributed by atoms with van der Waals surface area (Å²) in [6, 6.07) is 30.4. The second-order valence-corrected chi connectivity index (χ2v) is 9.87. The van der Waals surface area contributed by atoms with E-state index in [2.05, 4.69) is 63.2 Å². The lowest BCUT2D eigenvalue weighted by molar-refractivity contribution is 1.02. The molecule has 0 spiro atoms. The minimum atomic E-state index is -0.645. The molecule has 1 heterocycles. The fraction of sp³-hybridized carbons (Fsp3) is 0.154. The average Bonchev–Trinajstić information content (AvgIpc) is 3.28. The summed E-state index contributed by atoms with van der Waals surface area (Å²) < 4.78 is 4.95. The number of nitrogens with zero attached hydrogens (tertiary/aromatic N) is 2. The molecular formula is C26H24N3O2P. The maximum Gasteiger partial charge on any atom is 0.250 e. The molecular weight excluding hydrogens is 417 g/mol. The summed E-state index contributed by atoms with van der Waals surface area (Å²) >= 11 is 0. The molecule has 1 aliphatic heterocycles. The lowest BCUT2D eigenvalue weighted by Gasteiger charge is -2.32. The molecule has 32 heavy (non-hydrogen) atoms. The fourth-order valence-electron chi connectivity index (χ4n) is 4.24. The van der Waals surface area contributed by atoms with Gasteiger partial charge in [-0.2, -0.15) is 0 Å². The van der Waals surface area contributed by atoms with Gasteiger partial charge in [-0.15, -0.1) is 0 Å². The van der Waals surface area contributed by atoms with Crippen molar-refractivity contribution in [1.29, 1.82) is 0 Å². The van der Waals surface area contributed by atoms with Gasteiger partial charge in [0.15, 0.2) is 0 Å². The second-order valence-electron chi connectivity index (χ2n) is 7.71. The van der Waals surface area contributed by atoms with Crippen molar-refractivity contribution in [2.45, 2.75) is 0 Å². The molecule has 0 unspecified atom stereocenters. The Kier molecular flexibility index (Phi) is 5.74. The molecule has 0 bridgehead atoms. The molecule has 0 aliphatic carbocycles. The molecule has 1 aliphatic rings. The highest BCUT2D eigenvalue weighted by atomic mass is 31.1. The van der Waals surface area contributed by atoms with E-state index >= 15 is 0 Å². The minimum Gasteiger partial charge on any atom is -0.381 e. The number of rotatable bonds is 7. The summed E-state index contributed by atoms with van der Waals surface area (Å²) in [6.45, 7) is 2.54. The maximum atomic E-state index is 12.3. The van der Waals surface area contributed by atoms with Gasteiger partial charge >= 0.3 is 0 Å². The zero-order valence-corrected chi connectivity index (χ0v) is 18.5. The summed E-state index contributed by atoms with van der Waals surface area (Å²) in [5.41, 5.74) is 3.38. The minimum absolute atomic E-state index is 0.401. The van der Waals surface area contributed by atoms with Crippen molar-refractivity contribution in [2.75, 3.05) is 40.5 Å². The van der Waals surface area contributed by atoms with E-state index in [4.69, 9.17) is 0 Å². The predicted octanol–water partition coefficient (Wildman–Crippen LogP) is 4.70. The van der Waals surface area contributed by atoms with Gasteiger partial charge in [0.05, 0.1) is 19.5 Å². The van der Waals surface area contributed by atoms with Crippen molar-refractivity contribution in [3.63, 3.8) is 0 Å². The first-order chi connectivity index (χ1) is 15.7. The van der Waals surface area contributed by atoms with Gasteiger partial charge in [-0.25, -0.2) is 0 Å². The summed E-state index contributed by atoms with van der Waals surface area (Å²) in [5.74, 6) is 0.